The van der Waals surface area contributed by atoms with Crippen LogP contribution in [0.3, 0.4) is 0 Å². The molecule has 0 N–H and O–H groups in total. The zero-order valence-electron chi connectivity index (χ0n) is 7.46. The Morgan fingerprint density at radius 1 is 1.50 bits per heavy atom. The lowest BCUT2D eigenvalue weighted by Crippen LogP contribution is -2.09. The van der Waals surface area contributed by atoms with E-state index in [0.29, 0.717) is 18.6 Å². The second-order valence-corrected chi connectivity index (χ2v) is 3.01. The van der Waals surface area contributed by atoms with Gasteiger partial charge in [-0.2, -0.15) is 5.26 Å². The molecule has 0 bridgehead atoms. The maximum Gasteiger partial charge on any atom is 0.165 e. The summed E-state index contributed by atoms with van der Waals surface area (Å²) in [7, 11) is 0. The summed E-state index contributed by atoms with van der Waals surface area (Å²) in [6.45, 7) is 0.432. The molecule has 1 aliphatic heterocycles. The molecule has 0 aliphatic carbocycles. The largest absolute Gasteiger partial charge is 0.490 e. The van der Waals surface area contributed by atoms with Crippen molar-refractivity contribution in [3.8, 4) is 11.8 Å². The minimum Gasteiger partial charge on any atom is -0.490 e. The topological polar surface area (TPSA) is 33.0 Å². The predicted octanol–water partition coefficient (Wildman–Crippen LogP) is 2.52. The van der Waals surface area contributed by atoms with Crippen molar-refractivity contribution >= 4 is 5.57 Å². The molecule has 0 fully saturated rings. The summed E-state index contributed by atoms with van der Waals surface area (Å²) in [6.07, 6.45) is 2.10. The summed E-state index contributed by atoms with van der Waals surface area (Å²) >= 11 is 0. The van der Waals surface area contributed by atoms with E-state index < -0.39 is 0 Å². The number of hydrogen-bond donors (Lipinski definition) is 0. The fourth-order valence-electron chi connectivity index (χ4n) is 1.53. The molecule has 0 atom stereocenters. The average Bonchev–Trinajstić information content (AvgIpc) is 2.20. The summed E-state index contributed by atoms with van der Waals surface area (Å²) in [5.41, 5.74) is 1.53. The van der Waals surface area contributed by atoms with Gasteiger partial charge in [-0.15, -0.1) is 0 Å². The number of fused-ring (bicyclic) bond motifs is 1. The summed E-state index contributed by atoms with van der Waals surface area (Å²) in [5, 5.41) is 8.55. The summed E-state index contributed by atoms with van der Waals surface area (Å²) < 4.78 is 18.5. The van der Waals surface area contributed by atoms with E-state index in [1.54, 1.807) is 12.1 Å². The van der Waals surface area contributed by atoms with E-state index in [9.17, 15) is 4.39 Å². The van der Waals surface area contributed by atoms with Gasteiger partial charge in [-0.1, -0.05) is 12.1 Å². The lowest BCUT2D eigenvalue weighted by Gasteiger charge is -2.19. The van der Waals surface area contributed by atoms with Crippen molar-refractivity contribution in [2.45, 2.75) is 6.42 Å². The van der Waals surface area contributed by atoms with Crippen molar-refractivity contribution in [2.24, 2.45) is 0 Å². The van der Waals surface area contributed by atoms with E-state index in [4.69, 9.17) is 10.00 Å². The minimum atomic E-state index is -0.369. The SMILES string of the molecule is N#C/C=C1\CCOc2c(F)cccc21. The fraction of sp³-hybridized carbons (Fsp3) is 0.182. The van der Waals surface area contributed by atoms with E-state index in [-0.39, 0.29) is 11.6 Å². The fourth-order valence-corrected chi connectivity index (χ4v) is 1.53. The molecule has 1 aromatic rings. The quantitative estimate of drug-likeness (QED) is 0.587. The molecule has 14 heavy (non-hydrogen) atoms. The third-order valence-corrected chi connectivity index (χ3v) is 2.17. The zero-order chi connectivity index (χ0) is 9.97. The Hall–Kier alpha value is -1.82. The standard InChI is InChI=1S/C11H8FNO/c12-10-3-1-2-9-8(4-6-13)5-7-14-11(9)10/h1-4H,5,7H2/b8-4+. The molecule has 0 saturated carbocycles. The number of allylic oxidation sites excluding steroid dienone is 1. The van der Waals surface area contributed by atoms with E-state index in [2.05, 4.69) is 0 Å². The summed E-state index contributed by atoms with van der Waals surface area (Å²) in [6, 6.07) is 6.70. The van der Waals surface area contributed by atoms with Crippen LogP contribution in [0.5, 0.6) is 5.75 Å². The van der Waals surface area contributed by atoms with Crippen LogP contribution in [0.2, 0.25) is 0 Å². The van der Waals surface area contributed by atoms with Gasteiger partial charge in [0.1, 0.15) is 0 Å². The first-order valence-corrected chi connectivity index (χ1v) is 4.33. The molecule has 1 heterocycles. The van der Waals surface area contributed by atoms with Crippen molar-refractivity contribution < 1.29 is 9.13 Å². The molecule has 1 aromatic carbocycles. The maximum absolute atomic E-state index is 13.2. The Morgan fingerprint density at radius 2 is 2.36 bits per heavy atom. The van der Waals surface area contributed by atoms with Crippen LogP contribution >= 0.6 is 0 Å². The molecule has 3 heteroatoms. The highest BCUT2D eigenvalue weighted by Crippen LogP contribution is 2.34. The van der Waals surface area contributed by atoms with Crippen LogP contribution < -0.4 is 4.74 Å². The zero-order valence-corrected chi connectivity index (χ0v) is 7.46. The van der Waals surface area contributed by atoms with Gasteiger partial charge in [0.15, 0.2) is 11.6 Å². The predicted molar refractivity (Wildman–Crippen MR) is 50.1 cm³/mol. The van der Waals surface area contributed by atoms with Crippen molar-refractivity contribution in [1.29, 1.82) is 5.26 Å². The molecule has 0 saturated heterocycles. The van der Waals surface area contributed by atoms with Crippen LogP contribution in [-0.4, -0.2) is 6.61 Å². The molecule has 0 spiro atoms. The number of nitrogens with zero attached hydrogens (tertiary/aromatic N) is 1. The van der Waals surface area contributed by atoms with E-state index in [1.807, 2.05) is 6.07 Å². The van der Waals surface area contributed by atoms with Gasteiger partial charge in [0.05, 0.1) is 12.7 Å². The first kappa shape index (κ1) is 8.76. The highest BCUT2D eigenvalue weighted by molar-refractivity contribution is 5.73. The molecule has 0 amide bonds. The third-order valence-electron chi connectivity index (χ3n) is 2.17. The Labute approximate surface area is 81.2 Å². The van der Waals surface area contributed by atoms with Crippen molar-refractivity contribution in [3.63, 3.8) is 0 Å². The van der Waals surface area contributed by atoms with Crippen LogP contribution in [0, 0.1) is 17.1 Å². The molecule has 0 radical (unpaired) electrons. The van der Waals surface area contributed by atoms with E-state index in [1.165, 1.54) is 12.1 Å². The first-order chi connectivity index (χ1) is 6.83. The summed E-state index contributed by atoms with van der Waals surface area (Å²) in [5.74, 6) is -0.105. The number of ether oxygens (including phenoxy) is 1. The summed E-state index contributed by atoms with van der Waals surface area (Å²) in [4.78, 5) is 0. The molecular formula is C11H8FNO. The van der Waals surface area contributed by atoms with Crippen LogP contribution in [0.4, 0.5) is 4.39 Å². The normalized spacial score (nSPS) is 17.0. The monoisotopic (exact) mass is 189 g/mol. The Balaban J connectivity index is 2.57. The van der Waals surface area contributed by atoms with Crippen molar-refractivity contribution in [2.75, 3.05) is 6.61 Å². The van der Waals surface area contributed by atoms with Crippen LogP contribution in [-0.2, 0) is 0 Å². The number of benzene rings is 1. The van der Waals surface area contributed by atoms with Crippen molar-refractivity contribution in [1.82, 2.24) is 0 Å². The van der Waals surface area contributed by atoms with Crippen LogP contribution in [0.15, 0.2) is 24.3 Å². The number of para-hydroxylation sites is 1. The number of halogens is 1. The van der Waals surface area contributed by atoms with Crippen LogP contribution in [0.25, 0.3) is 5.57 Å². The van der Waals surface area contributed by atoms with Gasteiger partial charge >= 0.3 is 0 Å². The molecule has 2 nitrogen and oxygen atoms in total. The lowest BCUT2D eigenvalue weighted by atomic mass is 9.99. The first-order valence-electron chi connectivity index (χ1n) is 4.33. The van der Waals surface area contributed by atoms with Gasteiger partial charge < -0.3 is 4.74 Å². The van der Waals surface area contributed by atoms with E-state index in [0.717, 1.165) is 5.57 Å². The second-order valence-electron chi connectivity index (χ2n) is 3.01. The second kappa shape index (κ2) is 3.51. The van der Waals surface area contributed by atoms with Gasteiger partial charge in [-0.25, -0.2) is 4.39 Å². The van der Waals surface area contributed by atoms with Gasteiger partial charge in [0.2, 0.25) is 0 Å². The van der Waals surface area contributed by atoms with Crippen molar-refractivity contribution in [3.05, 3.63) is 35.7 Å². The number of nitriles is 1. The Morgan fingerprint density at radius 3 is 3.14 bits per heavy atom. The number of rotatable bonds is 0. The minimum absolute atomic E-state index is 0.264. The van der Waals surface area contributed by atoms with E-state index >= 15 is 0 Å². The third kappa shape index (κ3) is 1.35. The van der Waals surface area contributed by atoms with Gasteiger partial charge in [0.25, 0.3) is 0 Å². The maximum atomic E-state index is 13.2. The highest BCUT2D eigenvalue weighted by atomic mass is 19.1. The lowest BCUT2D eigenvalue weighted by molar-refractivity contribution is 0.299. The smallest absolute Gasteiger partial charge is 0.165 e. The highest BCUT2D eigenvalue weighted by Gasteiger charge is 2.18. The molecule has 0 unspecified atom stereocenters. The Bertz CT molecular complexity index is 431. The van der Waals surface area contributed by atoms with Crippen LogP contribution in [0.1, 0.15) is 12.0 Å². The Kier molecular flexibility index (Phi) is 2.19. The molecule has 1 aliphatic rings. The number of hydrogen-bond acceptors (Lipinski definition) is 2. The molecular weight excluding hydrogens is 181 g/mol. The molecule has 0 aromatic heterocycles. The average molecular weight is 189 g/mol. The van der Waals surface area contributed by atoms with Gasteiger partial charge in [0, 0.05) is 18.1 Å². The molecule has 2 rings (SSSR count). The van der Waals surface area contributed by atoms with Gasteiger partial charge in [-0.05, 0) is 11.6 Å². The molecule has 70 valence electrons. The van der Waals surface area contributed by atoms with Gasteiger partial charge in [-0.3, -0.25) is 0 Å².